The number of ether oxygens (including phenoxy) is 2. The van der Waals surface area contributed by atoms with Crippen LogP contribution in [-0.4, -0.2) is 74.5 Å². The number of aromatic amines is 1. The van der Waals surface area contributed by atoms with Gasteiger partial charge in [0.15, 0.2) is 11.5 Å². The number of H-pyrrole nitrogens is 1. The Morgan fingerprint density at radius 1 is 1.12 bits per heavy atom. The standard InChI is InChI=1S/C29H41N7O5/c1-4-6-18-40-28-32-25(30)24-26(33-28)36(29(39)31-24)15-7-14-35(27(38)21-12-16-34(3)17-13-21)19-20-8-10-22(11-9-20)41-23(37)5-2/h8-11,21H,4-7,12-19H2,1-3H3,(H,31,39)(H2,30,32,33). The summed E-state index contributed by atoms with van der Waals surface area (Å²) in [6.45, 7) is 7.25. The number of esters is 1. The smallest absolute Gasteiger partial charge is 0.327 e. The third kappa shape index (κ3) is 7.84. The van der Waals surface area contributed by atoms with Gasteiger partial charge in [-0.25, -0.2) is 4.79 Å². The number of anilines is 1. The van der Waals surface area contributed by atoms with Crippen LogP contribution in [0.25, 0.3) is 11.2 Å². The number of nitrogens with one attached hydrogen (secondary N) is 1. The largest absolute Gasteiger partial charge is 0.463 e. The molecule has 0 bridgehead atoms. The fourth-order valence-electron chi connectivity index (χ4n) is 4.90. The molecule has 0 spiro atoms. The van der Waals surface area contributed by atoms with Crippen LogP contribution in [0.1, 0.15) is 57.9 Å². The topological polar surface area (TPSA) is 149 Å². The Morgan fingerprint density at radius 3 is 2.54 bits per heavy atom. The average Bonchev–Trinajstić information content (AvgIpc) is 3.29. The first-order valence-electron chi connectivity index (χ1n) is 14.4. The lowest BCUT2D eigenvalue weighted by Crippen LogP contribution is -2.42. The number of benzene rings is 1. The average molecular weight is 568 g/mol. The molecule has 0 unspecified atom stereocenters. The normalized spacial score (nSPS) is 14.3. The molecular weight excluding hydrogens is 526 g/mol. The molecule has 3 aromatic rings. The maximum atomic E-state index is 13.7. The number of imidazole rings is 1. The maximum absolute atomic E-state index is 13.7. The maximum Gasteiger partial charge on any atom is 0.327 e. The molecule has 0 atom stereocenters. The lowest BCUT2D eigenvalue weighted by atomic mass is 9.95. The quantitative estimate of drug-likeness (QED) is 0.181. The molecule has 3 N–H and O–H groups in total. The molecule has 12 heteroatoms. The predicted octanol–water partition coefficient (Wildman–Crippen LogP) is 2.96. The number of piperidine rings is 1. The minimum absolute atomic E-state index is 0.0397. The molecule has 1 aliphatic heterocycles. The zero-order valence-corrected chi connectivity index (χ0v) is 24.2. The summed E-state index contributed by atoms with van der Waals surface area (Å²) >= 11 is 0. The molecule has 2 aromatic heterocycles. The molecule has 1 fully saturated rings. The number of nitrogens with zero attached hydrogens (tertiary/aromatic N) is 5. The number of fused-ring (bicyclic) bond motifs is 1. The Balaban J connectivity index is 1.48. The first-order valence-corrected chi connectivity index (χ1v) is 14.4. The Kier molecular flexibility index (Phi) is 10.3. The number of aryl methyl sites for hydroxylation is 1. The van der Waals surface area contributed by atoms with Crippen molar-refractivity contribution in [3.05, 3.63) is 40.3 Å². The lowest BCUT2D eigenvalue weighted by molar-refractivity contribution is -0.137. The van der Waals surface area contributed by atoms with Gasteiger partial charge in [-0.05, 0) is 63.5 Å². The summed E-state index contributed by atoms with van der Waals surface area (Å²) in [5.74, 6) is 0.415. The van der Waals surface area contributed by atoms with E-state index in [4.69, 9.17) is 15.2 Å². The van der Waals surface area contributed by atoms with Crippen LogP contribution in [0.15, 0.2) is 29.1 Å². The van der Waals surface area contributed by atoms with E-state index in [0.717, 1.165) is 44.3 Å². The van der Waals surface area contributed by atoms with Gasteiger partial charge in [-0.3, -0.25) is 14.2 Å². The molecule has 1 saturated heterocycles. The summed E-state index contributed by atoms with van der Waals surface area (Å²) in [6, 6.07) is 7.38. The molecule has 222 valence electrons. The summed E-state index contributed by atoms with van der Waals surface area (Å²) in [4.78, 5) is 53.5. The van der Waals surface area contributed by atoms with E-state index in [9.17, 15) is 14.4 Å². The Hall–Kier alpha value is -3.93. The number of carbonyl (C=O) groups is 2. The number of hydrogen-bond donors (Lipinski definition) is 2. The van der Waals surface area contributed by atoms with E-state index >= 15 is 0 Å². The number of aromatic nitrogens is 4. The molecule has 0 radical (unpaired) electrons. The highest BCUT2D eigenvalue weighted by atomic mass is 16.5. The number of hydrogen-bond acceptors (Lipinski definition) is 9. The Labute approximate surface area is 239 Å². The monoisotopic (exact) mass is 567 g/mol. The Morgan fingerprint density at radius 2 is 1.85 bits per heavy atom. The van der Waals surface area contributed by atoms with Crippen molar-refractivity contribution in [2.75, 3.05) is 39.0 Å². The first-order chi connectivity index (χ1) is 19.8. The zero-order valence-electron chi connectivity index (χ0n) is 24.2. The van der Waals surface area contributed by atoms with Crippen molar-refractivity contribution in [3.8, 4) is 11.8 Å². The SMILES string of the molecule is CCCCOc1nc(N)c2[nH]c(=O)n(CCCN(Cc3ccc(OC(=O)CC)cc3)C(=O)C3CCN(C)CC3)c2n1. The molecule has 0 saturated carbocycles. The number of rotatable bonds is 13. The van der Waals surface area contributed by atoms with Gasteiger partial charge in [0.25, 0.3) is 0 Å². The third-order valence-electron chi connectivity index (χ3n) is 7.37. The van der Waals surface area contributed by atoms with Crippen LogP contribution in [0.3, 0.4) is 0 Å². The number of unbranched alkanes of at least 4 members (excludes halogenated alkanes) is 1. The highest BCUT2D eigenvalue weighted by Crippen LogP contribution is 2.22. The van der Waals surface area contributed by atoms with Crippen molar-refractivity contribution < 1.29 is 19.1 Å². The molecule has 0 aliphatic carbocycles. The van der Waals surface area contributed by atoms with Gasteiger partial charge in [0, 0.05) is 32.0 Å². The van der Waals surface area contributed by atoms with E-state index in [1.54, 1.807) is 19.1 Å². The minimum Gasteiger partial charge on any atom is -0.463 e. The fourth-order valence-corrected chi connectivity index (χ4v) is 4.90. The van der Waals surface area contributed by atoms with Gasteiger partial charge in [-0.1, -0.05) is 32.4 Å². The van der Waals surface area contributed by atoms with Crippen molar-refractivity contribution in [2.45, 2.75) is 65.5 Å². The van der Waals surface area contributed by atoms with Crippen LogP contribution in [0.4, 0.5) is 5.82 Å². The van der Waals surface area contributed by atoms with Gasteiger partial charge in [-0.15, -0.1) is 0 Å². The van der Waals surface area contributed by atoms with E-state index in [2.05, 4.69) is 33.8 Å². The van der Waals surface area contributed by atoms with Gasteiger partial charge in [0.1, 0.15) is 11.3 Å². The summed E-state index contributed by atoms with van der Waals surface area (Å²) in [5.41, 5.74) is 7.44. The van der Waals surface area contributed by atoms with Gasteiger partial charge < -0.3 is 30.0 Å². The molecule has 1 aliphatic rings. The van der Waals surface area contributed by atoms with Crippen LogP contribution >= 0.6 is 0 Å². The van der Waals surface area contributed by atoms with E-state index < -0.39 is 0 Å². The molecule has 12 nitrogen and oxygen atoms in total. The third-order valence-corrected chi connectivity index (χ3v) is 7.37. The van der Waals surface area contributed by atoms with E-state index in [0.29, 0.717) is 56.0 Å². The minimum atomic E-state index is -0.336. The van der Waals surface area contributed by atoms with Gasteiger partial charge in [0.05, 0.1) is 6.61 Å². The lowest BCUT2D eigenvalue weighted by Gasteiger charge is -2.32. The summed E-state index contributed by atoms with van der Waals surface area (Å²) < 4.78 is 12.4. The van der Waals surface area contributed by atoms with Gasteiger partial charge in [-0.2, -0.15) is 9.97 Å². The fraction of sp³-hybridized carbons (Fsp3) is 0.552. The second-order valence-corrected chi connectivity index (χ2v) is 10.5. The second-order valence-electron chi connectivity index (χ2n) is 10.5. The number of likely N-dealkylation sites (tertiary alicyclic amines) is 1. The van der Waals surface area contributed by atoms with Crippen molar-refractivity contribution in [1.29, 1.82) is 0 Å². The van der Waals surface area contributed by atoms with Crippen molar-refractivity contribution >= 4 is 28.9 Å². The highest BCUT2D eigenvalue weighted by Gasteiger charge is 2.27. The van der Waals surface area contributed by atoms with Crippen LogP contribution in [0.5, 0.6) is 11.8 Å². The van der Waals surface area contributed by atoms with Crippen LogP contribution in [0, 0.1) is 5.92 Å². The second kappa shape index (κ2) is 14.1. The van der Waals surface area contributed by atoms with Crippen LogP contribution in [0.2, 0.25) is 0 Å². The summed E-state index contributed by atoms with van der Waals surface area (Å²) in [5, 5.41) is 0. The highest BCUT2D eigenvalue weighted by molar-refractivity contribution is 5.82. The molecular formula is C29H41N7O5. The van der Waals surface area contributed by atoms with E-state index in [1.807, 2.05) is 17.0 Å². The molecule has 1 amide bonds. The summed E-state index contributed by atoms with van der Waals surface area (Å²) in [7, 11) is 2.07. The number of amides is 1. The molecule has 4 rings (SSSR count). The molecule has 1 aromatic carbocycles. The Bertz CT molecular complexity index is 1380. The predicted molar refractivity (Wildman–Crippen MR) is 156 cm³/mol. The van der Waals surface area contributed by atoms with Gasteiger partial charge >= 0.3 is 17.7 Å². The van der Waals surface area contributed by atoms with E-state index in [-0.39, 0.29) is 35.3 Å². The van der Waals surface area contributed by atoms with Crippen molar-refractivity contribution in [1.82, 2.24) is 29.3 Å². The van der Waals surface area contributed by atoms with E-state index in [1.165, 1.54) is 4.57 Å². The van der Waals surface area contributed by atoms with Crippen molar-refractivity contribution in [2.24, 2.45) is 5.92 Å². The number of nitrogens with two attached hydrogens (primary N) is 1. The first kappa shape index (κ1) is 30.0. The van der Waals surface area contributed by atoms with Crippen LogP contribution < -0.4 is 20.9 Å². The number of nitrogen functional groups attached to an aromatic ring is 1. The zero-order chi connectivity index (χ0) is 29.4. The van der Waals surface area contributed by atoms with Gasteiger partial charge in [0.2, 0.25) is 5.91 Å². The molecule has 3 heterocycles. The van der Waals surface area contributed by atoms with Crippen molar-refractivity contribution in [3.63, 3.8) is 0 Å². The van der Waals surface area contributed by atoms with Crippen LogP contribution in [-0.2, 0) is 22.7 Å². The number of carbonyl (C=O) groups excluding carboxylic acids is 2. The summed E-state index contributed by atoms with van der Waals surface area (Å²) in [6.07, 6.45) is 4.29. The molecule has 41 heavy (non-hydrogen) atoms.